The summed E-state index contributed by atoms with van der Waals surface area (Å²) in [7, 11) is 0. The van der Waals surface area contributed by atoms with Crippen LogP contribution in [0.4, 0.5) is 17.1 Å². The van der Waals surface area contributed by atoms with Gasteiger partial charge in [0.05, 0.1) is 16.7 Å². The van der Waals surface area contributed by atoms with Crippen LogP contribution in [-0.4, -0.2) is 22.6 Å². The van der Waals surface area contributed by atoms with Crippen LogP contribution >= 0.6 is 0 Å². The Morgan fingerprint density at radius 1 is 0.361 bits per heavy atom. The van der Waals surface area contributed by atoms with E-state index in [0.717, 1.165) is 45.7 Å². The van der Waals surface area contributed by atoms with Crippen molar-refractivity contribution < 1.29 is 9.47 Å². The number of aromatic nitrogens is 2. The highest BCUT2D eigenvalue weighted by Crippen LogP contribution is 2.46. The van der Waals surface area contributed by atoms with Gasteiger partial charge in [0.25, 0.3) is 13.4 Å². The lowest BCUT2D eigenvalue weighted by molar-refractivity contribution is 0.487. The van der Waals surface area contributed by atoms with E-state index in [2.05, 4.69) is 202 Å². The summed E-state index contributed by atoms with van der Waals surface area (Å²) in [6.07, 6.45) is 0. The van der Waals surface area contributed by atoms with E-state index in [0.29, 0.717) is 0 Å². The first-order valence-corrected chi connectivity index (χ1v) is 21.1. The van der Waals surface area contributed by atoms with Gasteiger partial charge in [-0.25, -0.2) is 0 Å². The molecule has 0 saturated carbocycles. The van der Waals surface area contributed by atoms with Gasteiger partial charge >= 0.3 is 0 Å². The minimum Gasteiger partial charge on any atom is -0.458 e. The molecule has 4 aliphatic heterocycles. The average Bonchev–Trinajstić information content (AvgIpc) is 3.84. The Bertz CT molecular complexity index is 3700. The summed E-state index contributed by atoms with van der Waals surface area (Å²) < 4.78 is 18.8. The van der Waals surface area contributed by atoms with Crippen LogP contribution in [0.2, 0.25) is 0 Å². The Morgan fingerprint density at radius 3 is 1.61 bits per heavy atom. The monoisotopic (exact) mass is 775 g/mol. The molecule has 4 aliphatic rings. The number of hydrogen-bond acceptors (Lipinski definition) is 3. The smallest absolute Gasteiger partial charge is 0.256 e. The fraction of sp³-hybridized carbons (Fsp3) is 0. The van der Waals surface area contributed by atoms with E-state index in [4.69, 9.17) is 9.47 Å². The van der Waals surface area contributed by atoms with Crippen molar-refractivity contribution in [2.45, 2.75) is 0 Å². The van der Waals surface area contributed by atoms with E-state index < -0.39 is 0 Å². The maximum Gasteiger partial charge on any atom is 0.256 e. The van der Waals surface area contributed by atoms with Crippen LogP contribution < -0.4 is 47.2 Å². The molecule has 2 aromatic heterocycles. The molecule has 9 aromatic carbocycles. The summed E-state index contributed by atoms with van der Waals surface area (Å²) in [5.41, 5.74) is 17.9. The van der Waals surface area contributed by atoms with Gasteiger partial charge in [0.15, 0.2) is 0 Å². The van der Waals surface area contributed by atoms with Gasteiger partial charge in [-0.2, -0.15) is 0 Å². The SMILES string of the molecule is c1ccc(N(c2ccccc2)c2cc3c4c(c2)-n2c5ccc6c7cccc8c7n(c6c5c5cccc(c52)B4c2ccccc2O3)-c2cccc3c2B8c2ccccc2O3)cc1. The van der Waals surface area contributed by atoms with E-state index in [1.807, 2.05) is 0 Å². The van der Waals surface area contributed by atoms with Gasteiger partial charge in [-0.15, -0.1) is 0 Å². The van der Waals surface area contributed by atoms with Crippen molar-refractivity contribution in [2.75, 3.05) is 4.90 Å². The molecular formula is C54H31B2N3O2. The Morgan fingerprint density at radius 2 is 0.902 bits per heavy atom. The van der Waals surface area contributed by atoms with E-state index in [1.165, 1.54) is 82.1 Å². The zero-order chi connectivity index (χ0) is 39.5. The zero-order valence-corrected chi connectivity index (χ0v) is 32.7. The summed E-state index contributed by atoms with van der Waals surface area (Å²) in [6.45, 7) is 0.0721. The lowest BCUT2D eigenvalue weighted by Crippen LogP contribution is -2.58. The molecule has 61 heavy (non-hydrogen) atoms. The standard InChI is InChI=1S/C54H31B2N3O2/c1-3-14-32(15-4-1)57(33-16-5-2-6-17-33)34-30-44-51-48(31-34)61-46-26-10-8-21-39(46)56(51)41-23-12-19-37-49-42(58(44)53(37)41)29-28-36-35-18-11-22-40-52(35)59(54(36)49)43-24-13-27-47-50(43)55(40)38-20-7-9-25-45(38)60-47/h1-31H. The van der Waals surface area contributed by atoms with Crippen LogP contribution in [0.15, 0.2) is 188 Å². The van der Waals surface area contributed by atoms with Crippen LogP contribution in [0, 0.1) is 0 Å². The third kappa shape index (κ3) is 3.99. The Labute approximate surface area is 351 Å². The van der Waals surface area contributed by atoms with Crippen molar-refractivity contribution in [1.29, 1.82) is 0 Å². The van der Waals surface area contributed by atoms with E-state index in [-0.39, 0.29) is 13.4 Å². The molecule has 0 unspecified atom stereocenters. The number of anilines is 3. The third-order valence-corrected chi connectivity index (χ3v) is 13.8. The minimum atomic E-state index is -0.00244. The topological polar surface area (TPSA) is 31.6 Å². The lowest BCUT2D eigenvalue weighted by Gasteiger charge is -2.35. The summed E-state index contributed by atoms with van der Waals surface area (Å²) in [6, 6.07) is 68.2. The van der Waals surface area contributed by atoms with Crippen LogP contribution in [0.5, 0.6) is 23.0 Å². The van der Waals surface area contributed by atoms with Gasteiger partial charge in [-0.1, -0.05) is 121 Å². The zero-order valence-electron chi connectivity index (χ0n) is 32.7. The second-order valence-electron chi connectivity index (χ2n) is 16.7. The van der Waals surface area contributed by atoms with Gasteiger partial charge in [0.2, 0.25) is 0 Å². The Kier molecular flexibility index (Phi) is 6.00. The molecular weight excluding hydrogens is 744 g/mol. The normalized spacial score (nSPS) is 13.4. The van der Waals surface area contributed by atoms with Crippen molar-refractivity contribution in [1.82, 2.24) is 9.13 Å². The third-order valence-electron chi connectivity index (χ3n) is 13.8. The highest BCUT2D eigenvalue weighted by atomic mass is 16.5. The van der Waals surface area contributed by atoms with Crippen molar-refractivity contribution in [3.05, 3.63) is 188 Å². The first kappa shape index (κ1) is 32.0. The number of rotatable bonds is 3. The molecule has 0 aliphatic carbocycles. The molecule has 0 atom stereocenters. The lowest BCUT2D eigenvalue weighted by atomic mass is 9.34. The number of hydrogen-bond donors (Lipinski definition) is 0. The van der Waals surface area contributed by atoms with Crippen LogP contribution in [0.1, 0.15) is 0 Å². The van der Waals surface area contributed by atoms with Gasteiger partial charge in [0.1, 0.15) is 23.0 Å². The minimum absolute atomic E-state index is 0.00244. The van der Waals surface area contributed by atoms with Crippen molar-refractivity contribution in [2.24, 2.45) is 0 Å². The van der Waals surface area contributed by atoms with Crippen molar-refractivity contribution >= 4 is 107 Å². The van der Waals surface area contributed by atoms with E-state index >= 15 is 0 Å². The first-order valence-electron chi connectivity index (χ1n) is 21.1. The molecule has 11 aromatic rings. The summed E-state index contributed by atoms with van der Waals surface area (Å²) in [4.78, 5) is 2.35. The average molecular weight is 775 g/mol. The molecule has 0 amide bonds. The largest absolute Gasteiger partial charge is 0.458 e. The van der Waals surface area contributed by atoms with Gasteiger partial charge in [-0.05, 0) is 93.4 Å². The number of ether oxygens (including phenoxy) is 2. The quantitative estimate of drug-likeness (QED) is 0.168. The molecule has 0 fully saturated rings. The second-order valence-corrected chi connectivity index (χ2v) is 16.7. The molecule has 0 N–H and O–H groups in total. The predicted molar refractivity (Wildman–Crippen MR) is 252 cm³/mol. The molecule has 5 nitrogen and oxygen atoms in total. The first-order chi connectivity index (χ1) is 30.3. The van der Waals surface area contributed by atoms with Crippen molar-refractivity contribution in [3.63, 3.8) is 0 Å². The molecule has 0 saturated heterocycles. The summed E-state index contributed by atoms with van der Waals surface area (Å²) >= 11 is 0. The van der Waals surface area contributed by atoms with Crippen LogP contribution in [0.25, 0.3) is 55.0 Å². The molecule has 6 heterocycles. The second kappa shape index (κ2) is 11.4. The highest BCUT2D eigenvalue weighted by Gasteiger charge is 2.43. The molecule has 0 spiro atoms. The van der Waals surface area contributed by atoms with Crippen LogP contribution in [0.3, 0.4) is 0 Å². The number of nitrogens with zero attached hydrogens (tertiary/aromatic N) is 3. The van der Waals surface area contributed by atoms with Gasteiger partial charge in [-0.3, -0.25) is 0 Å². The molecule has 0 bridgehead atoms. The molecule has 280 valence electrons. The number of benzene rings is 9. The fourth-order valence-electron chi connectivity index (χ4n) is 11.5. The van der Waals surface area contributed by atoms with Gasteiger partial charge < -0.3 is 23.5 Å². The maximum absolute atomic E-state index is 7.00. The Hall–Kier alpha value is -7.89. The molecule has 7 heteroatoms. The van der Waals surface area contributed by atoms with Crippen molar-refractivity contribution in [3.8, 4) is 34.4 Å². The maximum atomic E-state index is 7.00. The fourth-order valence-corrected chi connectivity index (χ4v) is 11.5. The summed E-state index contributed by atoms with van der Waals surface area (Å²) in [5.74, 6) is 3.65. The van der Waals surface area contributed by atoms with E-state index in [1.54, 1.807) is 0 Å². The predicted octanol–water partition coefficient (Wildman–Crippen LogP) is 9.22. The van der Waals surface area contributed by atoms with E-state index in [9.17, 15) is 0 Å². The number of fused-ring (bicyclic) bond motifs is 15. The molecule has 15 rings (SSSR count). The summed E-state index contributed by atoms with van der Waals surface area (Å²) in [5, 5.41) is 5.02. The Balaban J connectivity index is 1.09. The molecule has 0 radical (unpaired) electrons. The van der Waals surface area contributed by atoms with Crippen LogP contribution in [-0.2, 0) is 0 Å². The van der Waals surface area contributed by atoms with Gasteiger partial charge in [0, 0.05) is 61.4 Å². The number of para-hydroxylation sites is 6. The highest BCUT2D eigenvalue weighted by molar-refractivity contribution is 7.00.